The lowest BCUT2D eigenvalue weighted by molar-refractivity contribution is -0.404. The van der Waals surface area contributed by atoms with Gasteiger partial charge in [-0.05, 0) is 37.5 Å². The van der Waals surface area contributed by atoms with Crippen LogP contribution in [-0.4, -0.2) is 0 Å². The maximum absolute atomic E-state index is 6.12. The standard InChI is InChI=1S/C23H24O2/c1-22(2,19-13-7-4-8-14-19)24-25-23(3,20-15-9-5-10-16-20)21-17-11-6-12-18-21/h4-18H,1-3H3. The van der Waals surface area contributed by atoms with E-state index in [2.05, 4.69) is 24.3 Å². The van der Waals surface area contributed by atoms with Crippen LogP contribution in [0.3, 0.4) is 0 Å². The van der Waals surface area contributed by atoms with Gasteiger partial charge in [0.05, 0.1) is 0 Å². The van der Waals surface area contributed by atoms with Crippen LogP contribution >= 0.6 is 0 Å². The summed E-state index contributed by atoms with van der Waals surface area (Å²) in [5.74, 6) is 0. The molecule has 0 aliphatic rings. The van der Waals surface area contributed by atoms with Crippen LogP contribution < -0.4 is 0 Å². The fourth-order valence-electron chi connectivity index (χ4n) is 2.85. The second-order valence-corrected chi connectivity index (χ2v) is 6.81. The van der Waals surface area contributed by atoms with Crippen LogP contribution in [0.25, 0.3) is 0 Å². The number of hydrogen-bond acceptors (Lipinski definition) is 2. The van der Waals surface area contributed by atoms with Gasteiger partial charge < -0.3 is 0 Å². The first-order valence-corrected chi connectivity index (χ1v) is 8.56. The zero-order valence-corrected chi connectivity index (χ0v) is 15.0. The van der Waals surface area contributed by atoms with Gasteiger partial charge in [-0.2, -0.15) is 0 Å². The third kappa shape index (κ3) is 3.81. The first-order chi connectivity index (χ1) is 12.0. The highest BCUT2D eigenvalue weighted by Gasteiger charge is 2.34. The number of rotatable bonds is 6. The average Bonchev–Trinajstić information content (AvgIpc) is 2.68. The molecule has 0 spiro atoms. The maximum Gasteiger partial charge on any atom is 0.151 e. The molecule has 0 saturated carbocycles. The molecule has 0 unspecified atom stereocenters. The molecule has 2 nitrogen and oxygen atoms in total. The van der Waals surface area contributed by atoms with E-state index in [1.165, 1.54) is 0 Å². The van der Waals surface area contributed by atoms with Crippen LogP contribution in [0, 0.1) is 0 Å². The fourth-order valence-corrected chi connectivity index (χ4v) is 2.85. The molecule has 3 aromatic carbocycles. The fraction of sp³-hybridized carbons (Fsp3) is 0.217. The van der Waals surface area contributed by atoms with E-state index in [1.807, 2.05) is 87.5 Å². The summed E-state index contributed by atoms with van der Waals surface area (Å²) in [6.45, 7) is 6.07. The smallest absolute Gasteiger partial charge is 0.151 e. The van der Waals surface area contributed by atoms with Crippen molar-refractivity contribution in [3.8, 4) is 0 Å². The normalized spacial score (nSPS) is 12.1. The third-order valence-electron chi connectivity index (χ3n) is 4.53. The van der Waals surface area contributed by atoms with Crippen LogP contribution in [0.4, 0.5) is 0 Å². The molecule has 0 N–H and O–H groups in total. The molecule has 3 aromatic rings. The Balaban J connectivity index is 1.92. The number of hydrogen-bond donors (Lipinski definition) is 0. The Labute approximate surface area is 150 Å². The highest BCUT2D eigenvalue weighted by atomic mass is 17.2. The van der Waals surface area contributed by atoms with Crippen molar-refractivity contribution in [1.82, 2.24) is 0 Å². The molecular formula is C23H24O2. The molecule has 2 heteroatoms. The van der Waals surface area contributed by atoms with Crippen molar-refractivity contribution in [2.45, 2.75) is 32.0 Å². The van der Waals surface area contributed by atoms with Crippen LogP contribution in [0.1, 0.15) is 37.5 Å². The largest absolute Gasteiger partial charge is 0.225 e. The second kappa shape index (κ2) is 7.22. The van der Waals surface area contributed by atoms with Gasteiger partial charge in [0.2, 0.25) is 0 Å². The minimum atomic E-state index is -0.700. The molecule has 0 atom stereocenters. The van der Waals surface area contributed by atoms with E-state index >= 15 is 0 Å². The molecule has 128 valence electrons. The van der Waals surface area contributed by atoms with Crippen molar-refractivity contribution in [3.05, 3.63) is 108 Å². The summed E-state index contributed by atoms with van der Waals surface area (Å²) in [6, 6.07) is 30.4. The molecule has 0 aromatic heterocycles. The summed E-state index contributed by atoms with van der Waals surface area (Å²) in [6.07, 6.45) is 0. The lowest BCUT2D eigenvalue weighted by atomic mass is 9.88. The van der Waals surface area contributed by atoms with E-state index in [-0.39, 0.29) is 0 Å². The molecule has 0 radical (unpaired) electrons. The van der Waals surface area contributed by atoms with Gasteiger partial charge in [-0.25, -0.2) is 9.78 Å². The summed E-state index contributed by atoms with van der Waals surface area (Å²) in [4.78, 5) is 12.1. The van der Waals surface area contributed by atoms with Gasteiger partial charge in [0, 0.05) is 0 Å². The van der Waals surface area contributed by atoms with Gasteiger partial charge in [0.1, 0.15) is 5.60 Å². The highest BCUT2D eigenvalue weighted by molar-refractivity contribution is 5.35. The zero-order valence-electron chi connectivity index (χ0n) is 15.0. The minimum Gasteiger partial charge on any atom is -0.225 e. The van der Waals surface area contributed by atoms with E-state index in [0.717, 1.165) is 16.7 Å². The zero-order chi connectivity index (χ0) is 17.8. The lowest BCUT2D eigenvalue weighted by Gasteiger charge is -2.34. The van der Waals surface area contributed by atoms with Crippen molar-refractivity contribution in [2.75, 3.05) is 0 Å². The van der Waals surface area contributed by atoms with Crippen LogP contribution in [0.2, 0.25) is 0 Å². The molecule has 0 aliphatic heterocycles. The average molecular weight is 332 g/mol. The van der Waals surface area contributed by atoms with Gasteiger partial charge in [-0.1, -0.05) is 91.0 Å². The summed E-state index contributed by atoms with van der Waals surface area (Å²) in [5.41, 5.74) is 1.90. The Morgan fingerprint density at radius 3 is 1.24 bits per heavy atom. The lowest BCUT2D eigenvalue weighted by Crippen LogP contribution is -2.32. The van der Waals surface area contributed by atoms with E-state index < -0.39 is 11.2 Å². The summed E-state index contributed by atoms with van der Waals surface area (Å²) < 4.78 is 0. The Hall–Kier alpha value is -2.42. The Bertz CT molecular complexity index is 741. The highest BCUT2D eigenvalue weighted by Crippen LogP contribution is 2.36. The van der Waals surface area contributed by atoms with Crippen molar-refractivity contribution < 1.29 is 9.78 Å². The molecule has 0 heterocycles. The number of benzene rings is 3. The maximum atomic E-state index is 6.12. The van der Waals surface area contributed by atoms with Gasteiger partial charge in [-0.3, -0.25) is 0 Å². The van der Waals surface area contributed by atoms with Gasteiger partial charge in [-0.15, -0.1) is 0 Å². The molecule has 0 fully saturated rings. The minimum absolute atomic E-state index is 0.563. The summed E-state index contributed by atoms with van der Waals surface area (Å²) in [5, 5.41) is 0. The van der Waals surface area contributed by atoms with Gasteiger partial charge >= 0.3 is 0 Å². The van der Waals surface area contributed by atoms with Crippen LogP contribution in [0.5, 0.6) is 0 Å². The summed E-state index contributed by atoms with van der Waals surface area (Å²) >= 11 is 0. The second-order valence-electron chi connectivity index (χ2n) is 6.81. The van der Waals surface area contributed by atoms with Crippen molar-refractivity contribution >= 4 is 0 Å². The SMILES string of the molecule is CC(C)(OOC(C)(c1ccccc1)c1ccccc1)c1ccccc1. The predicted octanol–water partition coefficient (Wildman–Crippen LogP) is 5.83. The van der Waals surface area contributed by atoms with Crippen LogP contribution in [-0.2, 0) is 21.0 Å². The van der Waals surface area contributed by atoms with E-state index in [9.17, 15) is 0 Å². The molecule has 0 saturated heterocycles. The predicted molar refractivity (Wildman–Crippen MR) is 101 cm³/mol. The van der Waals surface area contributed by atoms with Gasteiger partial charge in [0.15, 0.2) is 5.60 Å². The third-order valence-corrected chi connectivity index (χ3v) is 4.53. The molecular weight excluding hydrogens is 308 g/mol. The molecule has 0 aliphatic carbocycles. The topological polar surface area (TPSA) is 18.5 Å². The van der Waals surface area contributed by atoms with E-state index in [1.54, 1.807) is 0 Å². The molecule has 0 bridgehead atoms. The quantitative estimate of drug-likeness (QED) is 0.417. The van der Waals surface area contributed by atoms with Crippen LogP contribution in [0.15, 0.2) is 91.0 Å². The van der Waals surface area contributed by atoms with Gasteiger partial charge in [0.25, 0.3) is 0 Å². The monoisotopic (exact) mass is 332 g/mol. The van der Waals surface area contributed by atoms with E-state index in [0.29, 0.717) is 0 Å². The first-order valence-electron chi connectivity index (χ1n) is 8.56. The van der Waals surface area contributed by atoms with Crippen molar-refractivity contribution in [2.24, 2.45) is 0 Å². The van der Waals surface area contributed by atoms with Crippen molar-refractivity contribution in [1.29, 1.82) is 0 Å². The molecule has 3 rings (SSSR count). The Kier molecular flexibility index (Phi) is 5.03. The molecule has 0 amide bonds. The Morgan fingerprint density at radius 1 is 0.480 bits per heavy atom. The van der Waals surface area contributed by atoms with E-state index in [4.69, 9.17) is 9.78 Å². The van der Waals surface area contributed by atoms with Crippen molar-refractivity contribution in [3.63, 3.8) is 0 Å². The Morgan fingerprint density at radius 2 is 0.840 bits per heavy atom. The molecule has 25 heavy (non-hydrogen) atoms. The first kappa shape index (κ1) is 17.4. The summed E-state index contributed by atoms with van der Waals surface area (Å²) in [7, 11) is 0.